The first-order valence-electron chi connectivity index (χ1n) is 13.0. The summed E-state index contributed by atoms with van der Waals surface area (Å²) >= 11 is 5.87. The van der Waals surface area contributed by atoms with Crippen LogP contribution in [0.3, 0.4) is 0 Å². The predicted molar refractivity (Wildman–Crippen MR) is 173 cm³/mol. The first-order chi connectivity index (χ1) is 21.6. The number of non-ortho nitro benzene ring substituents is 2. The number of hydrogen-bond donors (Lipinski definition) is 3. The van der Waals surface area contributed by atoms with Crippen molar-refractivity contribution < 1.29 is 39.2 Å². The van der Waals surface area contributed by atoms with Crippen LogP contribution in [0.5, 0.6) is 0 Å². The number of benzene rings is 3. The van der Waals surface area contributed by atoms with Gasteiger partial charge in [-0.3, -0.25) is 39.8 Å². The van der Waals surface area contributed by atoms with E-state index in [1.807, 2.05) is 0 Å². The van der Waals surface area contributed by atoms with Crippen LogP contribution in [0, 0.1) is 20.2 Å². The zero-order valence-electron chi connectivity index (χ0n) is 24.5. The van der Waals surface area contributed by atoms with Gasteiger partial charge in [0.05, 0.1) is 32.5 Å². The van der Waals surface area contributed by atoms with E-state index < -0.39 is 39.3 Å². The molecule has 3 rings (SSSR count). The number of thiol groups is 1. The fourth-order valence-electron chi connectivity index (χ4n) is 4.02. The SMILES string of the molecule is CN(Cc1cc([N+](=O)[O-])cc(C(=O)O)c1SCC(=O)N(C)N(C)C(=O)CS)c1ccc(Sc2ccc([N+](=O)[O-])cc2C(=O)O)cc1. The number of hydrogen-bond acceptors (Lipinski definition) is 12. The van der Waals surface area contributed by atoms with Gasteiger partial charge in [-0.05, 0) is 35.9 Å². The summed E-state index contributed by atoms with van der Waals surface area (Å²) in [6.07, 6.45) is 0. The Hall–Kier alpha value is -4.81. The Morgan fingerprint density at radius 3 is 1.91 bits per heavy atom. The molecule has 2 N–H and O–H groups in total. The highest BCUT2D eigenvalue weighted by molar-refractivity contribution is 8.00. The first kappa shape index (κ1) is 35.7. The maximum atomic E-state index is 12.8. The molecule has 0 fully saturated rings. The number of hydrazine groups is 1. The molecule has 0 aliphatic heterocycles. The molecule has 0 spiro atoms. The lowest BCUT2D eigenvalue weighted by molar-refractivity contribution is -0.385. The zero-order chi connectivity index (χ0) is 34.3. The van der Waals surface area contributed by atoms with E-state index in [-0.39, 0.29) is 45.3 Å². The van der Waals surface area contributed by atoms with Crippen molar-refractivity contribution in [2.24, 2.45) is 0 Å². The minimum Gasteiger partial charge on any atom is -0.478 e. The van der Waals surface area contributed by atoms with E-state index in [1.54, 1.807) is 36.2 Å². The summed E-state index contributed by atoms with van der Waals surface area (Å²) in [7, 11) is 4.43. The second-order valence-corrected chi connectivity index (χ2v) is 11.9. The van der Waals surface area contributed by atoms with Crippen LogP contribution in [-0.4, -0.2) is 86.5 Å². The van der Waals surface area contributed by atoms with Gasteiger partial charge in [-0.15, -0.1) is 11.8 Å². The van der Waals surface area contributed by atoms with Gasteiger partial charge < -0.3 is 15.1 Å². The number of anilines is 1. The van der Waals surface area contributed by atoms with Gasteiger partial charge in [0, 0.05) is 72.3 Å². The number of carboxylic acids is 2. The highest BCUT2D eigenvalue weighted by Gasteiger charge is 2.25. The molecular weight excluding hydrogens is 663 g/mol. The predicted octanol–water partition coefficient (Wildman–Crippen LogP) is 4.54. The largest absolute Gasteiger partial charge is 0.478 e. The molecule has 3 aromatic carbocycles. The third-order valence-electron chi connectivity index (χ3n) is 6.56. The summed E-state index contributed by atoms with van der Waals surface area (Å²) in [5.74, 6) is -4.12. The fourth-order valence-corrected chi connectivity index (χ4v) is 6.21. The smallest absolute Gasteiger partial charge is 0.337 e. The number of amides is 2. The quantitative estimate of drug-likeness (QED) is 0.0977. The number of aromatic carboxylic acids is 2. The molecule has 2 amide bonds. The normalized spacial score (nSPS) is 10.6. The molecule has 15 nitrogen and oxygen atoms in total. The van der Waals surface area contributed by atoms with E-state index in [2.05, 4.69) is 12.6 Å². The zero-order valence-corrected chi connectivity index (χ0v) is 27.0. The summed E-state index contributed by atoms with van der Waals surface area (Å²) in [4.78, 5) is 72.6. The number of nitro groups is 2. The Balaban J connectivity index is 1.88. The summed E-state index contributed by atoms with van der Waals surface area (Å²) in [6, 6.07) is 12.5. The molecule has 0 heterocycles. The van der Waals surface area contributed by atoms with Crippen molar-refractivity contribution in [3.05, 3.63) is 91.5 Å². The van der Waals surface area contributed by atoms with Crippen molar-refractivity contribution in [2.45, 2.75) is 21.2 Å². The Labute approximate surface area is 275 Å². The van der Waals surface area contributed by atoms with Crippen LogP contribution >= 0.6 is 36.2 Å². The fraction of sp³-hybridized carbons (Fsp3) is 0.214. The third-order valence-corrected chi connectivity index (χ3v) is 9.07. The number of carbonyl (C=O) groups excluding carboxylic acids is 2. The van der Waals surface area contributed by atoms with Gasteiger partial charge in [-0.1, -0.05) is 11.8 Å². The molecule has 3 aromatic rings. The number of nitrogens with zero attached hydrogens (tertiary/aromatic N) is 5. The second-order valence-electron chi connectivity index (χ2n) is 9.52. The van der Waals surface area contributed by atoms with Crippen LogP contribution < -0.4 is 4.90 Å². The lowest BCUT2D eigenvalue weighted by Gasteiger charge is -2.28. The molecule has 0 atom stereocenters. The standard InChI is InChI=1S/C28H27N5O10S3/c1-29(17-4-7-20(8-5-17)46-23-9-6-18(32(40)41)11-21(23)27(36)37)13-16-10-19(33(42)43)12-22(28(38)39)26(16)45-15-25(35)31(3)30(2)24(34)14-44/h4-12,44H,13-15H2,1-3H3,(H,36,37)(H,38,39). The van der Waals surface area contributed by atoms with E-state index in [4.69, 9.17) is 0 Å². The molecule has 0 saturated heterocycles. The van der Waals surface area contributed by atoms with E-state index in [0.29, 0.717) is 15.5 Å². The Morgan fingerprint density at radius 2 is 1.37 bits per heavy atom. The summed E-state index contributed by atoms with van der Waals surface area (Å²) in [5.41, 5.74) is -0.497. The molecule has 46 heavy (non-hydrogen) atoms. The summed E-state index contributed by atoms with van der Waals surface area (Å²) < 4.78 is 0. The summed E-state index contributed by atoms with van der Waals surface area (Å²) in [6.45, 7) is 0.00433. The monoisotopic (exact) mass is 689 g/mol. The molecule has 0 aliphatic carbocycles. The molecule has 0 unspecified atom stereocenters. The molecule has 18 heteroatoms. The van der Waals surface area contributed by atoms with Gasteiger partial charge in [0.2, 0.25) is 0 Å². The molecular formula is C28H27N5O10S3. The highest BCUT2D eigenvalue weighted by atomic mass is 32.2. The number of rotatable bonds is 13. The minimum atomic E-state index is -1.42. The van der Waals surface area contributed by atoms with Gasteiger partial charge in [-0.25, -0.2) is 9.59 Å². The van der Waals surface area contributed by atoms with Crippen LogP contribution in [0.4, 0.5) is 17.1 Å². The molecule has 0 radical (unpaired) electrons. The van der Waals surface area contributed by atoms with E-state index in [9.17, 15) is 49.6 Å². The minimum absolute atomic E-state index is 0.00433. The van der Waals surface area contributed by atoms with Gasteiger partial charge in [-0.2, -0.15) is 12.6 Å². The van der Waals surface area contributed by atoms with Crippen molar-refractivity contribution in [1.29, 1.82) is 0 Å². The molecule has 0 saturated carbocycles. The second kappa shape index (κ2) is 15.5. The van der Waals surface area contributed by atoms with Crippen molar-refractivity contribution >= 4 is 77.0 Å². The number of carboxylic acid groups (broad SMARTS) is 2. The average Bonchev–Trinajstić information content (AvgIpc) is 3.02. The Kier molecular flexibility index (Phi) is 12.0. The van der Waals surface area contributed by atoms with Gasteiger partial charge in [0.25, 0.3) is 23.2 Å². The number of nitro benzene ring substituents is 2. The Morgan fingerprint density at radius 1 is 0.804 bits per heavy atom. The lowest BCUT2D eigenvalue weighted by Crippen LogP contribution is -2.46. The lowest BCUT2D eigenvalue weighted by atomic mass is 10.1. The van der Waals surface area contributed by atoms with Crippen LogP contribution in [-0.2, 0) is 16.1 Å². The van der Waals surface area contributed by atoms with Gasteiger partial charge in [0.15, 0.2) is 0 Å². The maximum Gasteiger partial charge on any atom is 0.337 e. The Bertz CT molecular complexity index is 1700. The van der Waals surface area contributed by atoms with E-state index in [1.165, 1.54) is 32.3 Å². The van der Waals surface area contributed by atoms with Crippen LogP contribution in [0.15, 0.2) is 69.3 Å². The van der Waals surface area contributed by atoms with E-state index >= 15 is 0 Å². The van der Waals surface area contributed by atoms with Crippen molar-refractivity contribution in [2.75, 3.05) is 37.5 Å². The third kappa shape index (κ3) is 8.67. The van der Waals surface area contributed by atoms with E-state index in [0.717, 1.165) is 45.7 Å². The van der Waals surface area contributed by atoms with Crippen molar-refractivity contribution in [1.82, 2.24) is 10.0 Å². The summed E-state index contributed by atoms with van der Waals surface area (Å²) in [5, 5.41) is 44.2. The molecule has 0 aliphatic rings. The van der Waals surface area contributed by atoms with Crippen molar-refractivity contribution in [3.63, 3.8) is 0 Å². The maximum absolute atomic E-state index is 12.8. The van der Waals surface area contributed by atoms with Crippen LogP contribution in [0.1, 0.15) is 26.3 Å². The molecule has 0 aromatic heterocycles. The topological polar surface area (TPSA) is 205 Å². The van der Waals surface area contributed by atoms with Crippen molar-refractivity contribution in [3.8, 4) is 0 Å². The van der Waals surface area contributed by atoms with Crippen LogP contribution in [0.25, 0.3) is 0 Å². The number of thioether (sulfide) groups is 1. The molecule has 242 valence electrons. The van der Waals surface area contributed by atoms with Gasteiger partial charge >= 0.3 is 11.9 Å². The first-order valence-corrected chi connectivity index (χ1v) is 15.4. The average molecular weight is 690 g/mol. The van der Waals surface area contributed by atoms with Crippen LogP contribution in [0.2, 0.25) is 0 Å². The highest BCUT2D eigenvalue weighted by Crippen LogP contribution is 2.36. The van der Waals surface area contributed by atoms with Gasteiger partial charge in [0.1, 0.15) is 0 Å². The number of carbonyl (C=O) groups is 4. The molecule has 0 bridgehead atoms.